The van der Waals surface area contributed by atoms with Gasteiger partial charge >= 0.3 is 5.97 Å². The topological polar surface area (TPSA) is 96.3 Å². The summed E-state index contributed by atoms with van der Waals surface area (Å²) in [6.45, 7) is 4.95. The number of rotatable bonds is 5. The third-order valence-corrected chi connectivity index (χ3v) is 3.62. The summed E-state index contributed by atoms with van der Waals surface area (Å²) < 4.78 is 5.27. The minimum absolute atomic E-state index is 0.0300. The molecule has 0 fully saturated rings. The van der Waals surface area contributed by atoms with Gasteiger partial charge in [-0.25, -0.2) is 4.79 Å². The van der Waals surface area contributed by atoms with Gasteiger partial charge in [0.1, 0.15) is 11.8 Å². The summed E-state index contributed by atoms with van der Waals surface area (Å²) in [4.78, 5) is 35.4. The molecule has 0 aliphatic rings. The van der Waals surface area contributed by atoms with Gasteiger partial charge in [0.25, 0.3) is 0 Å². The molecule has 2 rings (SSSR count). The first-order valence-electron chi connectivity index (χ1n) is 8.00. The highest BCUT2D eigenvalue weighted by atomic mass is 16.5. The molecule has 132 valence electrons. The molecule has 0 atom stereocenters. The van der Waals surface area contributed by atoms with Crippen LogP contribution < -0.4 is 10.1 Å². The van der Waals surface area contributed by atoms with Crippen molar-refractivity contribution in [3.05, 3.63) is 59.2 Å². The molecule has 0 heterocycles. The predicted octanol–water partition coefficient (Wildman–Crippen LogP) is 3.57. The minimum atomic E-state index is -0.663. The van der Waals surface area contributed by atoms with Gasteiger partial charge in [0.15, 0.2) is 5.78 Å². The maximum atomic E-state index is 12.3. The number of carbonyl (C=O) groups excluding carboxylic acids is 3. The summed E-state index contributed by atoms with van der Waals surface area (Å²) in [5.74, 6) is -1.11. The number of Topliss-reactive ketones (excluding diaryl/α,β-unsaturated/α-hetero) is 1. The second-order valence-corrected chi connectivity index (χ2v) is 5.99. The highest BCUT2D eigenvalue weighted by Crippen LogP contribution is 2.22. The summed E-state index contributed by atoms with van der Waals surface area (Å²) in [5, 5.41) is 11.9. The summed E-state index contributed by atoms with van der Waals surface area (Å²) in [7, 11) is 0. The van der Waals surface area contributed by atoms with Crippen molar-refractivity contribution >= 4 is 23.3 Å². The van der Waals surface area contributed by atoms with Crippen molar-refractivity contribution in [2.24, 2.45) is 5.92 Å². The lowest BCUT2D eigenvalue weighted by molar-refractivity contribution is -0.118. The van der Waals surface area contributed by atoms with E-state index in [1.807, 2.05) is 6.07 Å². The lowest BCUT2D eigenvalue weighted by Crippen LogP contribution is -2.17. The number of benzene rings is 2. The number of anilines is 1. The second kappa shape index (κ2) is 8.08. The predicted molar refractivity (Wildman–Crippen MR) is 96.0 cm³/mol. The van der Waals surface area contributed by atoms with E-state index >= 15 is 0 Å². The van der Waals surface area contributed by atoms with Gasteiger partial charge in [0.2, 0.25) is 5.91 Å². The molecule has 26 heavy (non-hydrogen) atoms. The van der Waals surface area contributed by atoms with Gasteiger partial charge < -0.3 is 10.1 Å². The molecule has 1 N–H and O–H groups in total. The highest BCUT2D eigenvalue weighted by molar-refractivity contribution is 5.96. The second-order valence-electron chi connectivity index (χ2n) is 5.99. The SMILES string of the molecule is CC(=O)c1ccc(C#N)c(OC(=O)c2ccc(NC(=O)C(C)C)cc2)c1. The average Bonchev–Trinajstić information content (AvgIpc) is 2.62. The van der Waals surface area contributed by atoms with Crippen LogP contribution in [0.15, 0.2) is 42.5 Å². The van der Waals surface area contributed by atoms with E-state index < -0.39 is 5.97 Å². The number of hydrogen-bond donors (Lipinski definition) is 1. The number of esters is 1. The molecule has 0 spiro atoms. The van der Waals surface area contributed by atoms with E-state index in [2.05, 4.69) is 5.32 Å². The quantitative estimate of drug-likeness (QED) is 0.505. The van der Waals surface area contributed by atoms with Crippen LogP contribution in [0.2, 0.25) is 0 Å². The van der Waals surface area contributed by atoms with Crippen molar-refractivity contribution in [1.29, 1.82) is 5.26 Å². The Labute approximate surface area is 151 Å². The normalized spacial score (nSPS) is 10.1. The first kappa shape index (κ1) is 18.9. The monoisotopic (exact) mass is 350 g/mol. The zero-order valence-electron chi connectivity index (χ0n) is 14.7. The fourth-order valence-electron chi connectivity index (χ4n) is 2.05. The Morgan fingerprint density at radius 1 is 1.04 bits per heavy atom. The van der Waals surface area contributed by atoms with Gasteiger partial charge in [-0.1, -0.05) is 13.8 Å². The van der Waals surface area contributed by atoms with Crippen molar-refractivity contribution in [3.63, 3.8) is 0 Å². The lowest BCUT2D eigenvalue weighted by atomic mass is 10.1. The molecule has 6 heteroatoms. The van der Waals surface area contributed by atoms with Gasteiger partial charge in [0, 0.05) is 17.2 Å². The number of ketones is 1. The highest BCUT2D eigenvalue weighted by Gasteiger charge is 2.14. The Bertz CT molecular complexity index is 893. The van der Waals surface area contributed by atoms with E-state index in [-0.39, 0.29) is 34.5 Å². The molecule has 6 nitrogen and oxygen atoms in total. The number of ether oxygens (including phenoxy) is 1. The Morgan fingerprint density at radius 2 is 1.65 bits per heavy atom. The third kappa shape index (κ3) is 4.54. The average molecular weight is 350 g/mol. The van der Waals surface area contributed by atoms with Gasteiger partial charge in [-0.2, -0.15) is 5.26 Å². The first-order valence-corrected chi connectivity index (χ1v) is 8.00. The van der Waals surface area contributed by atoms with Crippen molar-refractivity contribution < 1.29 is 19.1 Å². The molecular weight excluding hydrogens is 332 g/mol. The van der Waals surface area contributed by atoms with E-state index in [9.17, 15) is 14.4 Å². The summed E-state index contributed by atoms with van der Waals surface area (Å²) >= 11 is 0. The Morgan fingerprint density at radius 3 is 2.19 bits per heavy atom. The van der Waals surface area contributed by atoms with Crippen molar-refractivity contribution in [1.82, 2.24) is 0 Å². The molecule has 0 unspecified atom stereocenters. The van der Waals surface area contributed by atoms with Crippen LogP contribution in [0, 0.1) is 17.2 Å². The molecule has 0 aliphatic carbocycles. The number of nitrogens with zero attached hydrogens (tertiary/aromatic N) is 1. The molecule has 0 bridgehead atoms. The number of amides is 1. The molecule has 2 aromatic carbocycles. The minimum Gasteiger partial charge on any atom is -0.421 e. The van der Waals surface area contributed by atoms with Crippen LogP contribution in [-0.2, 0) is 4.79 Å². The van der Waals surface area contributed by atoms with Gasteiger partial charge in [-0.3, -0.25) is 9.59 Å². The number of hydrogen-bond acceptors (Lipinski definition) is 5. The van der Waals surface area contributed by atoms with E-state index in [0.29, 0.717) is 11.3 Å². The van der Waals surface area contributed by atoms with E-state index in [1.165, 1.54) is 37.3 Å². The van der Waals surface area contributed by atoms with Crippen LogP contribution in [0.4, 0.5) is 5.69 Å². The summed E-state index contributed by atoms with van der Waals surface area (Å²) in [6, 6.07) is 12.4. The molecule has 0 radical (unpaired) electrons. The van der Waals surface area contributed by atoms with Gasteiger partial charge in [-0.05, 0) is 49.4 Å². The van der Waals surface area contributed by atoms with Crippen molar-refractivity contribution in [2.75, 3.05) is 5.32 Å². The Balaban J connectivity index is 2.18. The Hall–Kier alpha value is -3.46. The maximum Gasteiger partial charge on any atom is 0.343 e. The van der Waals surface area contributed by atoms with Crippen LogP contribution in [-0.4, -0.2) is 17.7 Å². The smallest absolute Gasteiger partial charge is 0.343 e. The third-order valence-electron chi connectivity index (χ3n) is 3.62. The van der Waals surface area contributed by atoms with Crippen molar-refractivity contribution in [2.45, 2.75) is 20.8 Å². The number of carbonyl (C=O) groups is 3. The molecule has 0 saturated carbocycles. The molecule has 0 aliphatic heterocycles. The summed E-state index contributed by atoms with van der Waals surface area (Å²) in [5.41, 5.74) is 1.32. The number of nitrogens with one attached hydrogen (secondary N) is 1. The molecule has 1 amide bonds. The fourth-order valence-corrected chi connectivity index (χ4v) is 2.05. The van der Waals surface area contributed by atoms with Crippen LogP contribution in [0.5, 0.6) is 5.75 Å². The molecule has 2 aromatic rings. The van der Waals surface area contributed by atoms with Crippen LogP contribution in [0.25, 0.3) is 0 Å². The Kier molecular flexibility index (Phi) is 5.86. The zero-order chi connectivity index (χ0) is 19.3. The standard InChI is InChI=1S/C20H18N2O4/c1-12(2)19(24)22-17-8-6-14(7-9-17)20(25)26-18-10-15(13(3)23)4-5-16(18)11-21/h4-10,12H,1-3H3,(H,22,24). The number of nitriles is 1. The van der Waals surface area contributed by atoms with E-state index in [4.69, 9.17) is 10.00 Å². The zero-order valence-corrected chi connectivity index (χ0v) is 14.7. The van der Waals surface area contributed by atoms with Gasteiger partial charge in [0.05, 0.1) is 11.1 Å². The molecule has 0 saturated heterocycles. The van der Waals surface area contributed by atoms with Gasteiger partial charge in [-0.15, -0.1) is 0 Å². The maximum absolute atomic E-state index is 12.3. The van der Waals surface area contributed by atoms with Crippen LogP contribution in [0.3, 0.4) is 0 Å². The summed E-state index contributed by atoms with van der Waals surface area (Å²) in [6.07, 6.45) is 0. The fraction of sp³-hybridized carbons (Fsp3) is 0.200. The van der Waals surface area contributed by atoms with Crippen LogP contribution >= 0.6 is 0 Å². The van der Waals surface area contributed by atoms with E-state index in [1.54, 1.807) is 26.0 Å². The first-order chi connectivity index (χ1) is 12.3. The van der Waals surface area contributed by atoms with E-state index in [0.717, 1.165) is 0 Å². The lowest BCUT2D eigenvalue weighted by Gasteiger charge is -2.09. The van der Waals surface area contributed by atoms with Crippen LogP contribution in [0.1, 0.15) is 47.1 Å². The molecule has 0 aromatic heterocycles. The van der Waals surface area contributed by atoms with Crippen molar-refractivity contribution in [3.8, 4) is 11.8 Å². The largest absolute Gasteiger partial charge is 0.421 e. The molecular formula is C20H18N2O4.